The van der Waals surface area contributed by atoms with Crippen LogP contribution in [0.5, 0.6) is 0 Å². The zero-order valence-corrected chi connectivity index (χ0v) is 11.8. The molecule has 0 aliphatic heterocycles. The normalized spacial score (nSPS) is 10.9. The Morgan fingerprint density at radius 1 is 0.947 bits per heavy atom. The van der Waals surface area contributed by atoms with E-state index in [4.69, 9.17) is 5.73 Å². The zero-order valence-electron chi connectivity index (χ0n) is 11.8. The fourth-order valence-electron chi connectivity index (χ4n) is 2.30. The van der Waals surface area contributed by atoms with Crippen molar-refractivity contribution in [1.29, 1.82) is 0 Å². The summed E-state index contributed by atoms with van der Waals surface area (Å²) >= 11 is 0. The molecule has 0 saturated carbocycles. The minimum absolute atomic E-state index is 0.837. The predicted octanol–water partition coefficient (Wildman–Crippen LogP) is 3.60. The first-order valence-electron chi connectivity index (χ1n) is 6.79. The lowest BCUT2D eigenvalue weighted by Gasteiger charge is -2.21. The first-order chi connectivity index (χ1) is 9.17. The highest BCUT2D eigenvalue weighted by molar-refractivity contribution is 5.40. The van der Waals surface area contributed by atoms with Crippen LogP contribution < -0.4 is 5.73 Å². The average molecular weight is 254 g/mol. The third-order valence-corrected chi connectivity index (χ3v) is 3.29. The standard InChI is InChI=1S/C17H22N2/c1-3-19(12-15-7-4-6-14(2)10-15)13-16-8-5-9-17(18)11-16/h4-11H,3,12-13,18H2,1-2H3. The number of aryl methyl sites for hydroxylation is 1. The molecule has 0 amide bonds. The molecule has 0 unspecified atom stereocenters. The Hall–Kier alpha value is -1.80. The summed E-state index contributed by atoms with van der Waals surface area (Å²) in [6.07, 6.45) is 0. The second-order valence-electron chi connectivity index (χ2n) is 5.04. The highest BCUT2D eigenvalue weighted by Crippen LogP contribution is 2.13. The van der Waals surface area contributed by atoms with E-state index in [2.05, 4.69) is 55.1 Å². The Morgan fingerprint density at radius 2 is 1.58 bits per heavy atom. The molecule has 0 aliphatic carbocycles. The fourth-order valence-corrected chi connectivity index (χ4v) is 2.30. The van der Waals surface area contributed by atoms with Crippen molar-refractivity contribution >= 4 is 5.69 Å². The van der Waals surface area contributed by atoms with Crippen LogP contribution in [0, 0.1) is 6.92 Å². The lowest BCUT2D eigenvalue weighted by molar-refractivity contribution is 0.271. The van der Waals surface area contributed by atoms with E-state index in [-0.39, 0.29) is 0 Å². The quantitative estimate of drug-likeness (QED) is 0.826. The van der Waals surface area contributed by atoms with Crippen molar-refractivity contribution in [3.63, 3.8) is 0 Å². The molecule has 0 heterocycles. The molecular formula is C17H22N2. The van der Waals surface area contributed by atoms with Crippen LogP contribution in [0.4, 0.5) is 5.69 Å². The van der Waals surface area contributed by atoms with E-state index in [0.717, 1.165) is 25.3 Å². The summed E-state index contributed by atoms with van der Waals surface area (Å²) in [7, 11) is 0. The molecule has 0 bridgehead atoms. The number of hydrogen-bond acceptors (Lipinski definition) is 2. The van der Waals surface area contributed by atoms with Gasteiger partial charge in [0.15, 0.2) is 0 Å². The van der Waals surface area contributed by atoms with Crippen LogP contribution in [0.25, 0.3) is 0 Å². The van der Waals surface area contributed by atoms with E-state index < -0.39 is 0 Å². The maximum atomic E-state index is 5.83. The second kappa shape index (κ2) is 6.39. The highest BCUT2D eigenvalue weighted by Gasteiger charge is 2.05. The summed E-state index contributed by atoms with van der Waals surface area (Å²) in [4.78, 5) is 2.42. The Labute approximate surface area is 115 Å². The van der Waals surface area contributed by atoms with Crippen LogP contribution >= 0.6 is 0 Å². The fraction of sp³-hybridized carbons (Fsp3) is 0.294. The van der Waals surface area contributed by atoms with Gasteiger partial charge in [0.25, 0.3) is 0 Å². The van der Waals surface area contributed by atoms with Crippen LogP contribution in [-0.2, 0) is 13.1 Å². The zero-order chi connectivity index (χ0) is 13.7. The topological polar surface area (TPSA) is 29.3 Å². The SMILES string of the molecule is CCN(Cc1cccc(C)c1)Cc1cccc(N)c1. The monoisotopic (exact) mass is 254 g/mol. The molecule has 0 atom stereocenters. The largest absolute Gasteiger partial charge is 0.399 e. The van der Waals surface area contributed by atoms with Crippen molar-refractivity contribution in [2.75, 3.05) is 12.3 Å². The molecule has 2 aromatic carbocycles. The molecule has 0 aliphatic rings. The van der Waals surface area contributed by atoms with Gasteiger partial charge in [0.05, 0.1) is 0 Å². The molecule has 100 valence electrons. The van der Waals surface area contributed by atoms with Gasteiger partial charge >= 0.3 is 0 Å². The maximum absolute atomic E-state index is 5.83. The van der Waals surface area contributed by atoms with E-state index in [1.165, 1.54) is 16.7 Å². The van der Waals surface area contributed by atoms with Crippen molar-refractivity contribution < 1.29 is 0 Å². The summed E-state index contributed by atoms with van der Waals surface area (Å²) in [5, 5.41) is 0. The molecule has 0 spiro atoms. The van der Waals surface area contributed by atoms with Crippen molar-refractivity contribution in [2.45, 2.75) is 26.9 Å². The number of nitrogen functional groups attached to an aromatic ring is 1. The van der Waals surface area contributed by atoms with Gasteiger partial charge in [-0.3, -0.25) is 4.90 Å². The first-order valence-corrected chi connectivity index (χ1v) is 6.79. The molecule has 0 radical (unpaired) electrons. The van der Waals surface area contributed by atoms with E-state index in [1.807, 2.05) is 12.1 Å². The molecule has 0 aromatic heterocycles. The van der Waals surface area contributed by atoms with Crippen molar-refractivity contribution in [3.8, 4) is 0 Å². The van der Waals surface area contributed by atoms with Gasteiger partial charge in [0.2, 0.25) is 0 Å². The Morgan fingerprint density at radius 3 is 2.16 bits per heavy atom. The van der Waals surface area contributed by atoms with Gasteiger partial charge in [-0.05, 0) is 36.7 Å². The smallest absolute Gasteiger partial charge is 0.0317 e. The molecule has 2 heteroatoms. The van der Waals surface area contributed by atoms with Crippen LogP contribution in [0.1, 0.15) is 23.6 Å². The van der Waals surface area contributed by atoms with Crippen LogP contribution in [-0.4, -0.2) is 11.4 Å². The van der Waals surface area contributed by atoms with Gasteiger partial charge in [-0.25, -0.2) is 0 Å². The molecule has 2 aromatic rings. The van der Waals surface area contributed by atoms with Gasteiger partial charge in [0.1, 0.15) is 0 Å². The average Bonchev–Trinajstić information content (AvgIpc) is 2.38. The van der Waals surface area contributed by atoms with Crippen molar-refractivity contribution in [1.82, 2.24) is 4.90 Å². The lowest BCUT2D eigenvalue weighted by Crippen LogP contribution is -2.22. The van der Waals surface area contributed by atoms with Gasteiger partial charge in [-0.2, -0.15) is 0 Å². The molecule has 2 rings (SSSR count). The number of anilines is 1. The summed E-state index contributed by atoms with van der Waals surface area (Å²) in [5.41, 5.74) is 10.6. The van der Waals surface area contributed by atoms with Crippen LogP contribution in [0.2, 0.25) is 0 Å². The lowest BCUT2D eigenvalue weighted by atomic mass is 10.1. The van der Waals surface area contributed by atoms with Gasteiger partial charge in [-0.15, -0.1) is 0 Å². The van der Waals surface area contributed by atoms with E-state index in [1.54, 1.807) is 0 Å². The number of nitrogens with zero attached hydrogens (tertiary/aromatic N) is 1. The summed E-state index contributed by atoms with van der Waals surface area (Å²) < 4.78 is 0. The van der Waals surface area contributed by atoms with Gasteiger partial charge in [0, 0.05) is 18.8 Å². The molecule has 0 fully saturated rings. The van der Waals surface area contributed by atoms with Gasteiger partial charge < -0.3 is 5.73 Å². The van der Waals surface area contributed by atoms with Crippen LogP contribution in [0.3, 0.4) is 0 Å². The maximum Gasteiger partial charge on any atom is 0.0317 e. The Balaban J connectivity index is 2.04. The van der Waals surface area contributed by atoms with Crippen molar-refractivity contribution in [2.24, 2.45) is 0 Å². The number of rotatable bonds is 5. The third kappa shape index (κ3) is 4.11. The van der Waals surface area contributed by atoms with Gasteiger partial charge in [-0.1, -0.05) is 48.9 Å². The summed E-state index contributed by atoms with van der Waals surface area (Å²) in [6, 6.07) is 16.8. The highest BCUT2D eigenvalue weighted by atomic mass is 15.1. The van der Waals surface area contributed by atoms with Crippen molar-refractivity contribution in [3.05, 3.63) is 65.2 Å². The van der Waals surface area contributed by atoms with E-state index in [9.17, 15) is 0 Å². The third-order valence-electron chi connectivity index (χ3n) is 3.29. The Kier molecular flexibility index (Phi) is 4.58. The minimum Gasteiger partial charge on any atom is -0.399 e. The van der Waals surface area contributed by atoms with E-state index >= 15 is 0 Å². The number of nitrogens with two attached hydrogens (primary N) is 1. The van der Waals surface area contributed by atoms with Crippen LogP contribution in [0.15, 0.2) is 48.5 Å². The first kappa shape index (κ1) is 13.6. The number of benzene rings is 2. The predicted molar refractivity (Wildman–Crippen MR) is 81.8 cm³/mol. The Bertz CT molecular complexity index is 487. The summed E-state index contributed by atoms with van der Waals surface area (Å²) in [5.74, 6) is 0. The molecule has 19 heavy (non-hydrogen) atoms. The minimum atomic E-state index is 0.837. The second-order valence-corrected chi connectivity index (χ2v) is 5.04. The molecular weight excluding hydrogens is 232 g/mol. The molecule has 0 saturated heterocycles. The summed E-state index contributed by atoms with van der Waals surface area (Å²) in [6.45, 7) is 7.28. The van der Waals surface area contributed by atoms with E-state index in [0.29, 0.717) is 0 Å². The molecule has 2 nitrogen and oxygen atoms in total. The molecule has 2 N–H and O–H groups in total. The number of hydrogen-bond donors (Lipinski definition) is 1.